The number of aromatic nitrogens is 4. The summed E-state index contributed by atoms with van der Waals surface area (Å²) in [5.74, 6) is 0.119. The Labute approximate surface area is 109 Å². The standard InChI is InChI=1S/C11H8F2N4OS/c12-11(13)17-3-2-14-8(17)5-16-6-15-9-7(10(16)18)1-4-19-9/h1-4,6,11H,5H2. The molecule has 0 saturated carbocycles. The minimum absolute atomic E-state index is 0.0328. The molecule has 0 N–H and O–H groups in total. The Bertz CT molecular complexity index is 776. The molecule has 0 radical (unpaired) electrons. The van der Waals surface area contributed by atoms with E-state index in [4.69, 9.17) is 0 Å². The molecule has 0 unspecified atom stereocenters. The van der Waals surface area contributed by atoms with Gasteiger partial charge in [0.1, 0.15) is 10.7 Å². The molecule has 0 spiro atoms. The summed E-state index contributed by atoms with van der Waals surface area (Å²) < 4.78 is 27.4. The van der Waals surface area contributed by atoms with Crippen LogP contribution < -0.4 is 5.56 Å². The molecule has 5 nitrogen and oxygen atoms in total. The van der Waals surface area contributed by atoms with Crippen LogP contribution in [0.3, 0.4) is 0 Å². The van der Waals surface area contributed by atoms with Crippen LogP contribution in [-0.4, -0.2) is 19.1 Å². The van der Waals surface area contributed by atoms with Crippen LogP contribution in [0.25, 0.3) is 10.2 Å². The first kappa shape index (κ1) is 12.0. The summed E-state index contributed by atoms with van der Waals surface area (Å²) in [6, 6.07) is 1.67. The average Bonchev–Trinajstić information content (AvgIpc) is 3.01. The highest BCUT2D eigenvalue weighted by Gasteiger charge is 2.13. The Morgan fingerprint density at radius 3 is 3.00 bits per heavy atom. The number of rotatable bonds is 3. The summed E-state index contributed by atoms with van der Waals surface area (Å²) in [4.78, 5) is 20.7. The van der Waals surface area contributed by atoms with Gasteiger partial charge >= 0.3 is 6.55 Å². The van der Waals surface area contributed by atoms with Gasteiger partial charge in [-0.2, -0.15) is 8.78 Å². The van der Waals surface area contributed by atoms with Crippen LogP contribution in [0.2, 0.25) is 0 Å². The van der Waals surface area contributed by atoms with E-state index in [0.717, 1.165) is 4.57 Å². The van der Waals surface area contributed by atoms with Gasteiger partial charge in [-0.3, -0.25) is 13.9 Å². The lowest BCUT2D eigenvalue weighted by molar-refractivity contribution is 0.0666. The zero-order chi connectivity index (χ0) is 13.4. The van der Waals surface area contributed by atoms with Crippen molar-refractivity contribution in [2.45, 2.75) is 13.1 Å². The van der Waals surface area contributed by atoms with Gasteiger partial charge in [0.2, 0.25) is 0 Å². The van der Waals surface area contributed by atoms with Crippen LogP contribution in [-0.2, 0) is 6.54 Å². The van der Waals surface area contributed by atoms with Crippen LogP contribution in [0.1, 0.15) is 12.4 Å². The van der Waals surface area contributed by atoms with E-state index in [1.165, 1.54) is 34.6 Å². The van der Waals surface area contributed by atoms with Crippen LogP contribution in [0.5, 0.6) is 0 Å². The molecule has 19 heavy (non-hydrogen) atoms. The Morgan fingerprint density at radius 2 is 2.21 bits per heavy atom. The van der Waals surface area contributed by atoms with E-state index in [0.29, 0.717) is 10.2 Å². The lowest BCUT2D eigenvalue weighted by atomic mass is 10.4. The van der Waals surface area contributed by atoms with Gasteiger partial charge in [-0.15, -0.1) is 11.3 Å². The number of nitrogens with zero attached hydrogens (tertiary/aromatic N) is 4. The van der Waals surface area contributed by atoms with Crippen molar-refractivity contribution in [1.82, 2.24) is 19.1 Å². The van der Waals surface area contributed by atoms with Gasteiger partial charge in [0, 0.05) is 12.4 Å². The van der Waals surface area contributed by atoms with Crippen molar-refractivity contribution in [2.75, 3.05) is 0 Å². The van der Waals surface area contributed by atoms with Crippen molar-refractivity contribution >= 4 is 21.6 Å². The third-order valence-electron chi connectivity index (χ3n) is 2.72. The highest BCUT2D eigenvalue weighted by Crippen LogP contribution is 2.15. The second-order valence-electron chi connectivity index (χ2n) is 3.85. The predicted octanol–water partition coefficient (Wildman–Crippen LogP) is 2.10. The predicted molar refractivity (Wildman–Crippen MR) is 66.5 cm³/mol. The van der Waals surface area contributed by atoms with Crippen molar-refractivity contribution < 1.29 is 8.78 Å². The molecule has 0 aliphatic carbocycles. The van der Waals surface area contributed by atoms with E-state index in [2.05, 4.69) is 9.97 Å². The number of imidazole rings is 1. The molecule has 0 aliphatic rings. The maximum atomic E-state index is 12.7. The number of hydrogen-bond donors (Lipinski definition) is 0. The minimum Gasteiger partial charge on any atom is -0.291 e. The van der Waals surface area contributed by atoms with Crippen molar-refractivity contribution in [3.05, 3.63) is 46.3 Å². The first-order valence-corrected chi connectivity index (χ1v) is 6.27. The summed E-state index contributed by atoms with van der Waals surface area (Å²) in [5, 5.41) is 2.26. The summed E-state index contributed by atoms with van der Waals surface area (Å²) in [5.41, 5.74) is -0.255. The van der Waals surface area contributed by atoms with Gasteiger partial charge < -0.3 is 0 Å². The second kappa shape index (κ2) is 4.54. The molecule has 3 heterocycles. The second-order valence-corrected chi connectivity index (χ2v) is 4.74. The average molecular weight is 282 g/mol. The van der Waals surface area contributed by atoms with E-state index in [1.54, 1.807) is 11.4 Å². The largest absolute Gasteiger partial charge is 0.319 e. The molecule has 98 valence electrons. The summed E-state index contributed by atoms with van der Waals surface area (Å²) in [6.45, 7) is -2.71. The topological polar surface area (TPSA) is 52.7 Å². The van der Waals surface area contributed by atoms with Crippen molar-refractivity contribution in [3.8, 4) is 0 Å². The lowest BCUT2D eigenvalue weighted by Gasteiger charge is -2.08. The van der Waals surface area contributed by atoms with Crippen molar-refractivity contribution in [3.63, 3.8) is 0 Å². The van der Waals surface area contributed by atoms with Gasteiger partial charge in [-0.1, -0.05) is 0 Å². The fourth-order valence-electron chi connectivity index (χ4n) is 1.80. The summed E-state index contributed by atoms with van der Waals surface area (Å²) in [7, 11) is 0. The fourth-order valence-corrected chi connectivity index (χ4v) is 2.53. The maximum Gasteiger partial charge on any atom is 0.319 e. The summed E-state index contributed by atoms with van der Waals surface area (Å²) >= 11 is 1.36. The molecule has 3 rings (SSSR count). The van der Waals surface area contributed by atoms with Crippen molar-refractivity contribution in [2.24, 2.45) is 0 Å². The normalized spacial score (nSPS) is 11.5. The van der Waals surface area contributed by atoms with Crippen LogP contribution >= 0.6 is 11.3 Å². The highest BCUT2D eigenvalue weighted by atomic mass is 32.1. The first-order valence-electron chi connectivity index (χ1n) is 5.39. The molecule has 0 aliphatic heterocycles. The summed E-state index contributed by atoms with van der Waals surface area (Å²) in [6.07, 6.45) is 3.82. The Kier molecular flexibility index (Phi) is 2.86. The van der Waals surface area contributed by atoms with Gasteiger partial charge in [0.05, 0.1) is 18.3 Å². The Morgan fingerprint density at radius 1 is 1.37 bits per heavy atom. The third-order valence-corrected chi connectivity index (χ3v) is 3.54. The molecule has 0 saturated heterocycles. The SMILES string of the molecule is O=c1c2ccsc2ncn1Cc1nccn1C(F)F. The molecule has 3 aromatic rings. The fraction of sp³-hybridized carbons (Fsp3) is 0.182. The van der Waals surface area contributed by atoms with Gasteiger partial charge in [0.25, 0.3) is 5.56 Å². The van der Waals surface area contributed by atoms with E-state index >= 15 is 0 Å². The monoisotopic (exact) mass is 282 g/mol. The maximum absolute atomic E-state index is 12.7. The molecule has 0 amide bonds. The molecular weight excluding hydrogens is 274 g/mol. The quantitative estimate of drug-likeness (QED) is 0.739. The number of hydrogen-bond acceptors (Lipinski definition) is 4. The smallest absolute Gasteiger partial charge is 0.291 e. The zero-order valence-corrected chi connectivity index (χ0v) is 10.3. The Hall–Kier alpha value is -2.09. The molecule has 0 aromatic carbocycles. The number of halogens is 2. The Balaban J connectivity index is 2.03. The molecule has 0 fully saturated rings. The zero-order valence-electron chi connectivity index (χ0n) is 9.53. The minimum atomic E-state index is -2.67. The number of thiophene rings is 1. The van der Waals surface area contributed by atoms with Crippen LogP contribution in [0.4, 0.5) is 8.78 Å². The van der Waals surface area contributed by atoms with E-state index in [9.17, 15) is 13.6 Å². The van der Waals surface area contributed by atoms with Gasteiger partial charge in [-0.25, -0.2) is 9.97 Å². The molecule has 8 heteroatoms. The van der Waals surface area contributed by atoms with Crippen LogP contribution in [0.15, 0.2) is 35.0 Å². The van der Waals surface area contributed by atoms with Crippen LogP contribution in [0, 0.1) is 0 Å². The molecule has 0 atom stereocenters. The molecular formula is C11H8F2N4OS. The lowest BCUT2D eigenvalue weighted by Crippen LogP contribution is -2.22. The molecule has 0 bridgehead atoms. The van der Waals surface area contributed by atoms with E-state index in [-0.39, 0.29) is 17.9 Å². The van der Waals surface area contributed by atoms with Gasteiger partial charge in [-0.05, 0) is 11.4 Å². The van der Waals surface area contributed by atoms with Crippen molar-refractivity contribution in [1.29, 1.82) is 0 Å². The van der Waals surface area contributed by atoms with E-state index in [1.807, 2.05) is 0 Å². The molecule has 3 aromatic heterocycles. The number of fused-ring (bicyclic) bond motifs is 1. The third kappa shape index (κ3) is 2.03. The van der Waals surface area contributed by atoms with E-state index < -0.39 is 6.55 Å². The number of alkyl halides is 2. The van der Waals surface area contributed by atoms with Gasteiger partial charge in [0.15, 0.2) is 0 Å². The first-order chi connectivity index (χ1) is 9.16. The highest BCUT2D eigenvalue weighted by molar-refractivity contribution is 7.16.